The normalized spacial score (nSPS) is 28.1. The van der Waals surface area contributed by atoms with Crippen molar-refractivity contribution < 1.29 is 4.79 Å². The Morgan fingerprint density at radius 3 is 2.82 bits per heavy atom. The third-order valence-corrected chi connectivity index (χ3v) is 7.51. The van der Waals surface area contributed by atoms with Crippen LogP contribution in [0.5, 0.6) is 0 Å². The van der Waals surface area contributed by atoms with Crippen molar-refractivity contribution >= 4 is 11.7 Å². The molecule has 6 rings (SSSR count). The summed E-state index contributed by atoms with van der Waals surface area (Å²) in [4.78, 5) is 22.3. The lowest BCUT2D eigenvalue weighted by atomic mass is 9.89. The van der Waals surface area contributed by atoms with Gasteiger partial charge < -0.3 is 15.1 Å². The SMILES string of the molecule is O=C(CC1CCCC1)N1CCc2nc(N3CCC4CCC(C3)NC4)ccc2C1. The second kappa shape index (κ2) is 8.02. The van der Waals surface area contributed by atoms with Gasteiger partial charge in [0.15, 0.2) is 0 Å². The molecule has 5 nitrogen and oxygen atoms in total. The first-order chi connectivity index (χ1) is 13.7. The molecule has 5 heterocycles. The second-order valence-electron chi connectivity index (χ2n) is 9.48. The summed E-state index contributed by atoms with van der Waals surface area (Å²) < 4.78 is 0. The summed E-state index contributed by atoms with van der Waals surface area (Å²) in [6.07, 6.45) is 10.7. The van der Waals surface area contributed by atoms with E-state index in [4.69, 9.17) is 4.98 Å². The Bertz CT molecular complexity index is 707. The molecule has 152 valence electrons. The molecule has 1 aromatic heterocycles. The van der Waals surface area contributed by atoms with Crippen LogP contribution in [0.15, 0.2) is 12.1 Å². The summed E-state index contributed by atoms with van der Waals surface area (Å²) in [5.41, 5.74) is 2.46. The lowest BCUT2D eigenvalue weighted by molar-refractivity contribution is -0.133. The second-order valence-corrected chi connectivity index (χ2v) is 9.48. The van der Waals surface area contributed by atoms with Crippen LogP contribution in [0.4, 0.5) is 5.82 Å². The van der Waals surface area contributed by atoms with Gasteiger partial charge in [0.1, 0.15) is 5.82 Å². The van der Waals surface area contributed by atoms with E-state index in [0.29, 0.717) is 17.9 Å². The topological polar surface area (TPSA) is 48.5 Å². The van der Waals surface area contributed by atoms with Crippen molar-refractivity contribution in [1.82, 2.24) is 15.2 Å². The zero-order chi connectivity index (χ0) is 18.9. The van der Waals surface area contributed by atoms with Gasteiger partial charge in [-0.05, 0) is 62.1 Å². The number of nitrogens with one attached hydrogen (secondary N) is 1. The third kappa shape index (κ3) is 3.91. The van der Waals surface area contributed by atoms with Crippen molar-refractivity contribution in [2.24, 2.45) is 11.8 Å². The summed E-state index contributed by atoms with van der Waals surface area (Å²) in [5.74, 6) is 2.95. The van der Waals surface area contributed by atoms with Gasteiger partial charge in [0.05, 0.1) is 0 Å². The van der Waals surface area contributed by atoms with Crippen molar-refractivity contribution in [3.05, 3.63) is 23.4 Å². The minimum Gasteiger partial charge on any atom is -0.355 e. The molecule has 3 saturated heterocycles. The van der Waals surface area contributed by atoms with Gasteiger partial charge in [0.2, 0.25) is 5.91 Å². The zero-order valence-corrected chi connectivity index (χ0v) is 17.0. The Hall–Kier alpha value is -1.62. The van der Waals surface area contributed by atoms with Crippen molar-refractivity contribution in [1.29, 1.82) is 0 Å². The predicted octanol–water partition coefficient (Wildman–Crippen LogP) is 3.12. The molecule has 2 atom stereocenters. The standard InChI is InChI=1S/C23H34N4O/c28-23(13-17-3-1-2-4-17)27-12-10-21-19(15-27)6-8-22(25-21)26-11-9-18-5-7-20(16-26)24-14-18/h6,8,17-18,20,24H,1-5,7,9-16H2. The number of carbonyl (C=O) groups excluding carboxylic acids is 1. The quantitative estimate of drug-likeness (QED) is 0.873. The Morgan fingerprint density at radius 2 is 2.00 bits per heavy atom. The minimum absolute atomic E-state index is 0.354. The van der Waals surface area contributed by atoms with Gasteiger partial charge in [-0.15, -0.1) is 0 Å². The van der Waals surface area contributed by atoms with Gasteiger partial charge in [-0.1, -0.05) is 18.9 Å². The molecule has 4 fully saturated rings. The maximum absolute atomic E-state index is 12.7. The van der Waals surface area contributed by atoms with Crippen molar-refractivity contribution in [3.8, 4) is 0 Å². The van der Waals surface area contributed by atoms with Crippen LogP contribution >= 0.6 is 0 Å². The average Bonchev–Trinajstić information content (AvgIpc) is 3.21. The lowest BCUT2D eigenvalue weighted by Gasteiger charge is -2.39. The molecule has 4 aliphatic heterocycles. The van der Waals surface area contributed by atoms with E-state index >= 15 is 0 Å². The number of nitrogens with zero attached hydrogens (tertiary/aromatic N) is 3. The van der Waals surface area contributed by atoms with Crippen LogP contribution in [-0.2, 0) is 17.8 Å². The average molecular weight is 383 g/mol. The van der Waals surface area contributed by atoms with E-state index in [-0.39, 0.29) is 0 Å². The molecule has 1 N–H and O–H groups in total. The van der Waals surface area contributed by atoms with E-state index in [1.807, 2.05) is 0 Å². The van der Waals surface area contributed by atoms with Crippen LogP contribution in [0.1, 0.15) is 62.6 Å². The Balaban J connectivity index is 1.24. The minimum atomic E-state index is 0.354. The van der Waals surface area contributed by atoms with Gasteiger partial charge in [-0.2, -0.15) is 0 Å². The molecule has 0 spiro atoms. The number of fused-ring (bicyclic) bond motifs is 6. The smallest absolute Gasteiger partial charge is 0.223 e. The van der Waals surface area contributed by atoms with Gasteiger partial charge in [0, 0.05) is 50.8 Å². The number of hydrogen-bond acceptors (Lipinski definition) is 4. The fourth-order valence-corrected chi connectivity index (χ4v) is 5.66. The first-order valence-electron chi connectivity index (χ1n) is 11.5. The van der Waals surface area contributed by atoms with Gasteiger partial charge in [-0.3, -0.25) is 4.79 Å². The van der Waals surface area contributed by atoms with Crippen molar-refractivity contribution in [3.63, 3.8) is 0 Å². The first kappa shape index (κ1) is 18.4. The van der Waals surface area contributed by atoms with Crippen LogP contribution in [0, 0.1) is 11.8 Å². The molecule has 2 bridgehead atoms. The van der Waals surface area contributed by atoms with Gasteiger partial charge in [0.25, 0.3) is 0 Å². The molecule has 5 aliphatic rings. The highest BCUT2D eigenvalue weighted by molar-refractivity contribution is 5.76. The monoisotopic (exact) mass is 382 g/mol. The predicted molar refractivity (Wildman–Crippen MR) is 111 cm³/mol. The Kier molecular flexibility index (Phi) is 5.27. The maximum atomic E-state index is 12.7. The number of hydrogen-bond donors (Lipinski definition) is 1. The maximum Gasteiger partial charge on any atom is 0.223 e. The van der Waals surface area contributed by atoms with Crippen LogP contribution in [0.25, 0.3) is 0 Å². The first-order valence-corrected chi connectivity index (χ1v) is 11.5. The zero-order valence-electron chi connectivity index (χ0n) is 17.0. The molecule has 2 unspecified atom stereocenters. The fraction of sp³-hybridized carbons (Fsp3) is 0.739. The van der Waals surface area contributed by atoms with E-state index < -0.39 is 0 Å². The van der Waals surface area contributed by atoms with Crippen LogP contribution in [0.2, 0.25) is 0 Å². The largest absolute Gasteiger partial charge is 0.355 e. The summed E-state index contributed by atoms with van der Waals surface area (Å²) in [7, 11) is 0. The van der Waals surface area contributed by atoms with Crippen LogP contribution in [0.3, 0.4) is 0 Å². The molecule has 1 amide bonds. The van der Waals surface area contributed by atoms with E-state index in [2.05, 4.69) is 27.2 Å². The fourth-order valence-electron chi connectivity index (χ4n) is 5.66. The molecular formula is C23H34N4O. The van der Waals surface area contributed by atoms with Crippen molar-refractivity contribution in [2.75, 3.05) is 31.1 Å². The lowest BCUT2D eigenvalue weighted by Crippen LogP contribution is -2.50. The third-order valence-electron chi connectivity index (χ3n) is 7.51. The number of amides is 1. The molecule has 5 heteroatoms. The number of aromatic nitrogens is 1. The van der Waals surface area contributed by atoms with Gasteiger partial charge in [-0.25, -0.2) is 4.98 Å². The number of carbonyl (C=O) groups is 1. The molecule has 1 saturated carbocycles. The summed E-state index contributed by atoms with van der Waals surface area (Å²) in [6, 6.07) is 5.04. The molecule has 0 radical (unpaired) electrons. The highest BCUT2D eigenvalue weighted by Gasteiger charge is 2.29. The molecule has 1 aromatic rings. The summed E-state index contributed by atoms with van der Waals surface area (Å²) >= 11 is 0. The number of rotatable bonds is 3. The van der Waals surface area contributed by atoms with E-state index in [1.165, 1.54) is 62.7 Å². The Morgan fingerprint density at radius 1 is 1.11 bits per heavy atom. The van der Waals surface area contributed by atoms with E-state index in [9.17, 15) is 4.79 Å². The summed E-state index contributed by atoms with van der Waals surface area (Å²) in [6.45, 7) is 4.98. The van der Waals surface area contributed by atoms with Crippen LogP contribution < -0.4 is 10.2 Å². The van der Waals surface area contributed by atoms with E-state index in [1.54, 1.807) is 0 Å². The molecule has 0 aromatic carbocycles. The van der Waals surface area contributed by atoms with Crippen molar-refractivity contribution in [2.45, 2.75) is 70.4 Å². The van der Waals surface area contributed by atoms with E-state index in [0.717, 1.165) is 50.8 Å². The van der Waals surface area contributed by atoms with Gasteiger partial charge >= 0.3 is 0 Å². The molecule has 28 heavy (non-hydrogen) atoms. The Labute approximate surface area is 168 Å². The highest BCUT2D eigenvalue weighted by Crippen LogP contribution is 2.30. The number of piperidine rings is 1. The molecule has 1 aliphatic carbocycles. The van der Waals surface area contributed by atoms with Crippen LogP contribution in [-0.4, -0.2) is 48.0 Å². The molecular weight excluding hydrogens is 348 g/mol. The number of anilines is 1. The highest BCUT2D eigenvalue weighted by atomic mass is 16.2. The summed E-state index contributed by atoms with van der Waals surface area (Å²) in [5, 5.41) is 3.72. The number of pyridine rings is 1.